The Labute approximate surface area is 120 Å². The Morgan fingerprint density at radius 2 is 1.74 bits per heavy atom. The number of nitrogens with one attached hydrogen (secondary N) is 1. The number of rotatable bonds is 7. The van der Waals surface area contributed by atoms with E-state index in [0.29, 0.717) is 12.5 Å². The van der Waals surface area contributed by atoms with Gasteiger partial charge in [-0.2, -0.15) is 0 Å². The number of ether oxygens (including phenoxy) is 1. The first kappa shape index (κ1) is 23.5. The van der Waals surface area contributed by atoms with Gasteiger partial charge in [0.2, 0.25) is 5.91 Å². The number of hydrogen-bond donors (Lipinski definition) is 2. The van der Waals surface area contributed by atoms with E-state index in [1.54, 1.807) is 0 Å². The second kappa shape index (κ2) is 15.4. The van der Waals surface area contributed by atoms with E-state index in [2.05, 4.69) is 38.7 Å². The fourth-order valence-electron chi connectivity index (χ4n) is 1.18. The SMILES string of the molecule is CC.CC(=O)NCCC(C)(C)OCCC(C)C.CN. The summed E-state index contributed by atoms with van der Waals surface area (Å²) >= 11 is 0. The minimum Gasteiger partial charge on any atom is -0.375 e. The number of carbonyl (C=O) groups is 1. The molecule has 0 aromatic heterocycles. The molecule has 0 rings (SSSR count). The van der Waals surface area contributed by atoms with Gasteiger partial charge in [0.05, 0.1) is 5.60 Å². The van der Waals surface area contributed by atoms with Crippen molar-refractivity contribution < 1.29 is 9.53 Å². The second-order valence-electron chi connectivity index (χ2n) is 5.02. The Kier molecular flexibility index (Phi) is 19.1. The van der Waals surface area contributed by atoms with Gasteiger partial charge in [-0.25, -0.2) is 0 Å². The highest BCUT2D eigenvalue weighted by molar-refractivity contribution is 5.72. The van der Waals surface area contributed by atoms with Crippen LogP contribution >= 0.6 is 0 Å². The predicted octanol–water partition coefficient (Wildman–Crippen LogP) is 2.96. The van der Waals surface area contributed by atoms with Crippen LogP contribution in [0.2, 0.25) is 0 Å². The number of hydrogen-bond acceptors (Lipinski definition) is 3. The molecule has 0 aliphatic heterocycles. The van der Waals surface area contributed by atoms with Gasteiger partial charge in [0, 0.05) is 20.1 Å². The molecular weight excluding hydrogens is 240 g/mol. The van der Waals surface area contributed by atoms with Gasteiger partial charge in [-0.1, -0.05) is 27.7 Å². The smallest absolute Gasteiger partial charge is 0.216 e. The van der Waals surface area contributed by atoms with E-state index in [4.69, 9.17) is 4.74 Å². The van der Waals surface area contributed by atoms with E-state index < -0.39 is 0 Å². The van der Waals surface area contributed by atoms with Crippen molar-refractivity contribution in [2.45, 2.75) is 66.9 Å². The summed E-state index contributed by atoms with van der Waals surface area (Å²) in [5.74, 6) is 0.698. The molecule has 0 atom stereocenters. The zero-order chi connectivity index (χ0) is 15.9. The Hall–Kier alpha value is -0.610. The van der Waals surface area contributed by atoms with Crippen molar-refractivity contribution in [1.82, 2.24) is 5.32 Å². The highest BCUT2D eigenvalue weighted by atomic mass is 16.5. The highest BCUT2D eigenvalue weighted by Crippen LogP contribution is 2.15. The van der Waals surface area contributed by atoms with E-state index in [9.17, 15) is 4.79 Å². The molecule has 19 heavy (non-hydrogen) atoms. The fraction of sp³-hybridized carbons (Fsp3) is 0.933. The van der Waals surface area contributed by atoms with Crippen LogP contribution in [0.15, 0.2) is 0 Å². The molecule has 1 amide bonds. The lowest BCUT2D eigenvalue weighted by atomic mass is 10.0. The van der Waals surface area contributed by atoms with Crippen LogP contribution in [0.5, 0.6) is 0 Å². The summed E-state index contributed by atoms with van der Waals surface area (Å²) in [6.45, 7) is 15.5. The minimum atomic E-state index is -0.142. The Balaban J connectivity index is -0.000000579. The molecule has 0 bridgehead atoms. The third kappa shape index (κ3) is 23.0. The van der Waals surface area contributed by atoms with E-state index in [0.717, 1.165) is 19.4 Å². The van der Waals surface area contributed by atoms with Crippen LogP contribution in [-0.4, -0.2) is 31.7 Å². The number of nitrogens with two attached hydrogens (primary N) is 1. The molecule has 0 fully saturated rings. The number of amides is 1. The zero-order valence-electron chi connectivity index (χ0n) is 14.3. The normalized spacial score (nSPS) is 10.0. The van der Waals surface area contributed by atoms with Crippen molar-refractivity contribution in [3.63, 3.8) is 0 Å². The van der Waals surface area contributed by atoms with Gasteiger partial charge in [-0.05, 0) is 39.7 Å². The third-order valence-electron chi connectivity index (χ3n) is 2.29. The first-order valence-corrected chi connectivity index (χ1v) is 7.29. The third-order valence-corrected chi connectivity index (χ3v) is 2.29. The molecule has 3 N–H and O–H groups in total. The van der Waals surface area contributed by atoms with Crippen LogP contribution in [0.1, 0.15) is 61.3 Å². The van der Waals surface area contributed by atoms with Crippen LogP contribution in [-0.2, 0) is 9.53 Å². The van der Waals surface area contributed by atoms with Gasteiger partial charge >= 0.3 is 0 Å². The van der Waals surface area contributed by atoms with Gasteiger partial charge in [-0.3, -0.25) is 4.79 Å². The Bertz CT molecular complexity index is 193. The largest absolute Gasteiger partial charge is 0.375 e. The maximum Gasteiger partial charge on any atom is 0.216 e. The predicted molar refractivity (Wildman–Crippen MR) is 84.2 cm³/mol. The summed E-state index contributed by atoms with van der Waals surface area (Å²) in [7, 11) is 1.50. The van der Waals surface area contributed by atoms with Crippen molar-refractivity contribution in [1.29, 1.82) is 0 Å². The van der Waals surface area contributed by atoms with Gasteiger partial charge in [0.1, 0.15) is 0 Å². The summed E-state index contributed by atoms with van der Waals surface area (Å²) in [5, 5.41) is 2.78. The second-order valence-corrected chi connectivity index (χ2v) is 5.02. The summed E-state index contributed by atoms with van der Waals surface area (Å²) in [5.41, 5.74) is 4.36. The van der Waals surface area contributed by atoms with Gasteiger partial charge in [0.25, 0.3) is 0 Å². The Morgan fingerprint density at radius 3 is 2.11 bits per heavy atom. The monoisotopic (exact) mass is 276 g/mol. The topological polar surface area (TPSA) is 64.3 Å². The first-order valence-electron chi connectivity index (χ1n) is 7.29. The first-order chi connectivity index (χ1) is 8.83. The fourth-order valence-corrected chi connectivity index (χ4v) is 1.18. The molecule has 0 unspecified atom stereocenters. The molecule has 0 spiro atoms. The van der Waals surface area contributed by atoms with E-state index in [1.165, 1.54) is 14.0 Å². The zero-order valence-corrected chi connectivity index (χ0v) is 14.3. The Morgan fingerprint density at radius 1 is 1.26 bits per heavy atom. The molecule has 0 aromatic carbocycles. The molecule has 0 saturated heterocycles. The van der Waals surface area contributed by atoms with E-state index in [1.807, 2.05) is 13.8 Å². The summed E-state index contributed by atoms with van der Waals surface area (Å²) < 4.78 is 5.77. The lowest BCUT2D eigenvalue weighted by Crippen LogP contribution is -2.32. The molecule has 0 aromatic rings. The van der Waals surface area contributed by atoms with Crippen LogP contribution in [0.4, 0.5) is 0 Å². The van der Waals surface area contributed by atoms with Crippen LogP contribution in [0.3, 0.4) is 0 Å². The molecule has 0 radical (unpaired) electrons. The molecule has 0 saturated carbocycles. The lowest BCUT2D eigenvalue weighted by molar-refractivity contribution is -0.119. The summed E-state index contributed by atoms with van der Waals surface area (Å²) in [6, 6.07) is 0. The van der Waals surface area contributed by atoms with Crippen molar-refractivity contribution >= 4 is 5.91 Å². The average Bonchev–Trinajstić information content (AvgIpc) is 2.32. The summed E-state index contributed by atoms with van der Waals surface area (Å²) in [4.78, 5) is 10.7. The molecule has 4 nitrogen and oxygen atoms in total. The van der Waals surface area contributed by atoms with Crippen LogP contribution in [0, 0.1) is 5.92 Å². The maximum absolute atomic E-state index is 10.7. The van der Waals surface area contributed by atoms with Crippen molar-refractivity contribution in [3.8, 4) is 0 Å². The maximum atomic E-state index is 10.7. The molecule has 0 heterocycles. The average molecular weight is 276 g/mol. The molecule has 118 valence electrons. The van der Waals surface area contributed by atoms with Crippen LogP contribution < -0.4 is 11.1 Å². The summed E-state index contributed by atoms with van der Waals surface area (Å²) in [6.07, 6.45) is 1.94. The van der Waals surface area contributed by atoms with E-state index >= 15 is 0 Å². The molecule has 4 heteroatoms. The van der Waals surface area contributed by atoms with E-state index in [-0.39, 0.29) is 11.5 Å². The van der Waals surface area contributed by atoms with Gasteiger partial charge < -0.3 is 15.8 Å². The van der Waals surface area contributed by atoms with Crippen LogP contribution in [0.25, 0.3) is 0 Å². The quantitative estimate of drug-likeness (QED) is 0.751. The number of carbonyl (C=O) groups excluding carboxylic acids is 1. The molecular formula is C15H36N2O2. The van der Waals surface area contributed by atoms with Crippen molar-refractivity contribution in [2.24, 2.45) is 11.7 Å². The molecule has 0 aliphatic carbocycles. The highest BCUT2D eigenvalue weighted by Gasteiger charge is 2.17. The van der Waals surface area contributed by atoms with Crippen molar-refractivity contribution in [3.05, 3.63) is 0 Å². The van der Waals surface area contributed by atoms with Gasteiger partial charge in [0.15, 0.2) is 0 Å². The van der Waals surface area contributed by atoms with Gasteiger partial charge in [-0.15, -0.1) is 0 Å². The molecule has 0 aliphatic rings. The minimum absolute atomic E-state index is 0.0213. The van der Waals surface area contributed by atoms with Crippen molar-refractivity contribution in [2.75, 3.05) is 20.2 Å². The standard InChI is InChI=1S/C12H25NO2.C2H6.CH5N/c1-10(2)6-9-15-12(4,5)7-8-13-11(3)14;2*1-2/h10H,6-9H2,1-5H3,(H,13,14);1-2H3;2H2,1H3. The lowest BCUT2D eigenvalue weighted by Gasteiger charge is -2.25.